The van der Waals surface area contributed by atoms with Gasteiger partial charge in [-0.3, -0.25) is 0 Å². The lowest BCUT2D eigenvalue weighted by molar-refractivity contribution is -0.137. The van der Waals surface area contributed by atoms with Gasteiger partial charge in [-0.25, -0.2) is 0 Å². The smallest absolute Gasteiger partial charge is 0.418 e. The minimum absolute atomic E-state index is 0.0442. The summed E-state index contributed by atoms with van der Waals surface area (Å²) in [5.74, 6) is 0.866. The van der Waals surface area contributed by atoms with Gasteiger partial charge in [-0.2, -0.15) is 22.5 Å². The van der Waals surface area contributed by atoms with Crippen molar-refractivity contribution in [1.29, 1.82) is 0 Å². The van der Waals surface area contributed by atoms with Gasteiger partial charge in [0.25, 0.3) is 0 Å². The fourth-order valence-corrected chi connectivity index (χ4v) is 3.82. The molecule has 2 aromatic heterocycles. The van der Waals surface area contributed by atoms with Gasteiger partial charge < -0.3 is 4.74 Å². The lowest BCUT2D eigenvalue weighted by atomic mass is 10.1. The Morgan fingerprint density at radius 2 is 1.75 bits per heavy atom. The SMILES string of the molecule is CCOc1ccccc1-n1nnnc1SCc1nnnn1-c1ccc(Cl)cc1C(F)(F)F. The molecule has 9 nitrogen and oxygen atoms in total. The van der Waals surface area contributed by atoms with E-state index in [1.807, 2.05) is 19.1 Å². The van der Waals surface area contributed by atoms with Gasteiger partial charge in [0.15, 0.2) is 5.82 Å². The molecule has 0 saturated carbocycles. The summed E-state index contributed by atoms with van der Waals surface area (Å²) in [4.78, 5) is 0. The molecule has 0 aliphatic carbocycles. The molecule has 2 aromatic carbocycles. The Morgan fingerprint density at radius 1 is 1.00 bits per heavy atom. The fraction of sp³-hybridized carbons (Fsp3) is 0.222. The first-order chi connectivity index (χ1) is 15.4. The highest BCUT2D eigenvalue weighted by molar-refractivity contribution is 7.98. The van der Waals surface area contributed by atoms with Crippen LogP contribution in [0.3, 0.4) is 0 Å². The quantitative estimate of drug-likeness (QED) is 0.365. The summed E-state index contributed by atoms with van der Waals surface area (Å²) in [6, 6.07) is 10.6. The summed E-state index contributed by atoms with van der Waals surface area (Å²) in [7, 11) is 0. The third kappa shape index (κ3) is 4.53. The van der Waals surface area contributed by atoms with Gasteiger partial charge in [-0.1, -0.05) is 35.5 Å². The number of alkyl halides is 3. The van der Waals surface area contributed by atoms with Gasteiger partial charge >= 0.3 is 6.18 Å². The Hall–Kier alpha value is -3.19. The molecule has 4 aromatic rings. The molecule has 0 N–H and O–H groups in total. The average molecular weight is 483 g/mol. The van der Waals surface area contributed by atoms with E-state index in [0.29, 0.717) is 23.2 Å². The minimum atomic E-state index is -4.64. The standard InChI is InChI=1S/C18H14ClF3N8OS/c1-2-31-15-6-4-3-5-14(15)30-17(24-26-28-30)32-10-16-23-25-27-29(16)13-8-7-11(19)9-12(13)18(20,21)22/h3-9H,2,10H2,1H3. The molecule has 2 heterocycles. The summed E-state index contributed by atoms with van der Waals surface area (Å²) in [5, 5.41) is 23.2. The van der Waals surface area contributed by atoms with Crippen LogP contribution in [0.4, 0.5) is 13.2 Å². The van der Waals surface area contributed by atoms with E-state index in [0.717, 1.165) is 22.5 Å². The first-order valence-corrected chi connectivity index (χ1v) is 10.5. The van der Waals surface area contributed by atoms with Gasteiger partial charge in [-0.15, -0.1) is 10.2 Å². The van der Waals surface area contributed by atoms with E-state index >= 15 is 0 Å². The number of halogens is 4. The molecule has 32 heavy (non-hydrogen) atoms. The zero-order valence-electron chi connectivity index (χ0n) is 16.4. The van der Waals surface area contributed by atoms with Gasteiger partial charge in [-0.05, 0) is 58.1 Å². The molecule has 0 radical (unpaired) electrons. The van der Waals surface area contributed by atoms with Crippen molar-refractivity contribution in [3.05, 3.63) is 58.9 Å². The van der Waals surface area contributed by atoms with E-state index < -0.39 is 11.7 Å². The third-order valence-corrected chi connectivity index (χ3v) is 5.34. The van der Waals surface area contributed by atoms with E-state index in [9.17, 15) is 13.2 Å². The van der Waals surface area contributed by atoms with Crippen LogP contribution in [0, 0.1) is 0 Å². The lowest BCUT2D eigenvalue weighted by Crippen LogP contribution is -2.13. The number of benzene rings is 2. The summed E-state index contributed by atoms with van der Waals surface area (Å²) in [6.07, 6.45) is -4.64. The van der Waals surface area contributed by atoms with Gasteiger partial charge in [0.1, 0.15) is 11.4 Å². The van der Waals surface area contributed by atoms with Crippen LogP contribution in [0.15, 0.2) is 47.6 Å². The Kier molecular flexibility index (Phi) is 6.28. The second kappa shape index (κ2) is 9.12. The maximum atomic E-state index is 13.5. The number of hydrogen-bond acceptors (Lipinski definition) is 8. The number of hydrogen-bond donors (Lipinski definition) is 0. The number of aromatic nitrogens is 8. The zero-order chi connectivity index (χ0) is 22.7. The number of thioether (sulfide) groups is 1. The summed E-state index contributed by atoms with van der Waals surface area (Å²) < 4.78 is 48.7. The normalized spacial score (nSPS) is 11.7. The van der Waals surface area contributed by atoms with E-state index in [1.165, 1.54) is 16.8 Å². The average Bonchev–Trinajstić information content (AvgIpc) is 3.41. The number of para-hydroxylation sites is 2. The van der Waals surface area contributed by atoms with Crippen LogP contribution in [0.2, 0.25) is 5.02 Å². The molecule has 0 aliphatic rings. The van der Waals surface area contributed by atoms with Gasteiger partial charge in [0.2, 0.25) is 5.16 Å². The third-order valence-electron chi connectivity index (χ3n) is 4.19. The monoisotopic (exact) mass is 482 g/mol. The van der Waals surface area contributed by atoms with Crippen LogP contribution in [0.25, 0.3) is 11.4 Å². The molecule has 0 bridgehead atoms. The van der Waals surface area contributed by atoms with Crippen molar-refractivity contribution in [2.75, 3.05) is 6.61 Å². The highest BCUT2D eigenvalue weighted by Gasteiger charge is 2.35. The molecule has 0 aliphatic heterocycles. The molecule has 0 unspecified atom stereocenters. The van der Waals surface area contributed by atoms with Crippen molar-refractivity contribution in [1.82, 2.24) is 40.4 Å². The van der Waals surface area contributed by atoms with Gasteiger partial charge in [0, 0.05) is 5.02 Å². The molecule has 14 heteroatoms. The topological polar surface area (TPSA) is 96.4 Å². The van der Waals surface area contributed by atoms with E-state index in [1.54, 1.807) is 12.1 Å². The second-order valence-corrected chi connectivity index (χ2v) is 7.61. The Bertz CT molecular complexity index is 1230. The van der Waals surface area contributed by atoms with E-state index in [4.69, 9.17) is 16.3 Å². The molecule has 166 valence electrons. The highest BCUT2D eigenvalue weighted by Crippen LogP contribution is 2.36. The first-order valence-electron chi connectivity index (χ1n) is 9.16. The maximum Gasteiger partial charge on any atom is 0.418 e. The largest absolute Gasteiger partial charge is 0.492 e. The van der Waals surface area contributed by atoms with Crippen LogP contribution in [0.1, 0.15) is 18.3 Å². The summed E-state index contributed by atoms with van der Waals surface area (Å²) >= 11 is 6.92. The predicted molar refractivity (Wildman–Crippen MR) is 109 cm³/mol. The Balaban J connectivity index is 1.63. The maximum absolute atomic E-state index is 13.5. The Labute approximate surface area is 188 Å². The Morgan fingerprint density at radius 3 is 2.53 bits per heavy atom. The number of rotatable bonds is 7. The zero-order valence-corrected chi connectivity index (χ0v) is 17.9. The number of tetrazole rings is 2. The van der Waals surface area contributed by atoms with Crippen molar-refractivity contribution in [3.63, 3.8) is 0 Å². The van der Waals surface area contributed by atoms with Crippen LogP contribution < -0.4 is 4.74 Å². The van der Waals surface area contributed by atoms with Crippen LogP contribution in [-0.2, 0) is 11.9 Å². The van der Waals surface area contributed by atoms with E-state index in [2.05, 4.69) is 31.1 Å². The predicted octanol–water partition coefficient (Wildman–Crippen LogP) is 4.00. The minimum Gasteiger partial charge on any atom is -0.492 e. The molecule has 0 saturated heterocycles. The summed E-state index contributed by atoms with van der Waals surface area (Å²) in [5.41, 5.74) is -0.554. The number of ether oxygens (including phenoxy) is 1. The molecule has 4 rings (SSSR count). The molecule has 0 atom stereocenters. The van der Waals surface area contributed by atoms with Crippen LogP contribution in [0.5, 0.6) is 5.75 Å². The molecule has 0 fully saturated rings. The van der Waals surface area contributed by atoms with Crippen molar-refractivity contribution >= 4 is 23.4 Å². The number of nitrogens with zero attached hydrogens (tertiary/aromatic N) is 8. The molecule has 0 amide bonds. The van der Waals surface area contributed by atoms with Crippen molar-refractivity contribution < 1.29 is 17.9 Å². The molecule has 0 spiro atoms. The van der Waals surface area contributed by atoms with Crippen LogP contribution in [-0.4, -0.2) is 47.0 Å². The fourth-order valence-electron chi connectivity index (χ4n) is 2.86. The molecular formula is C18H14ClF3N8OS. The van der Waals surface area contributed by atoms with Crippen molar-refractivity contribution in [3.8, 4) is 17.1 Å². The van der Waals surface area contributed by atoms with E-state index in [-0.39, 0.29) is 22.3 Å². The lowest BCUT2D eigenvalue weighted by Gasteiger charge is -2.14. The first kappa shape index (κ1) is 22.0. The summed E-state index contributed by atoms with van der Waals surface area (Å²) in [6.45, 7) is 2.32. The second-order valence-electron chi connectivity index (χ2n) is 6.23. The highest BCUT2D eigenvalue weighted by atomic mass is 35.5. The van der Waals surface area contributed by atoms with Crippen LogP contribution >= 0.6 is 23.4 Å². The van der Waals surface area contributed by atoms with Gasteiger partial charge in [0.05, 0.1) is 23.6 Å². The molecular weight excluding hydrogens is 469 g/mol. The van der Waals surface area contributed by atoms with Crippen molar-refractivity contribution in [2.24, 2.45) is 0 Å². The van der Waals surface area contributed by atoms with Crippen molar-refractivity contribution in [2.45, 2.75) is 24.0 Å².